The van der Waals surface area contributed by atoms with Gasteiger partial charge in [-0.3, -0.25) is 0 Å². The van der Waals surface area contributed by atoms with Crippen LogP contribution >= 0.6 is 23.2 Å². The molecule has 0 aliphatic carbocycles. The molecule has 126 valence electrons. The number of nitrogens with two attached hydrogens (primary N) is 2. The summed E-state index contributed by atoms with van der Waals surface area (Å²) in [6, 6.07) is 10.6. The predicted molar refractivity (Wildman–Crippen MR) is 97.2 cm³/mol. The summed E-state index contributed by atoms with van der Waals surface area (Å²) in [5.74, 6) is 1.03. The van der Waals surface area contributed by atoms with Gasteiger partial charge in [-0.15, -0.1) is 5.10 Å². The Morgan fingerprint density at radius 1 is 1.08 bits per heavy atom. The highest BCUT2D eigenvalue weighted by atomic mass is 35.5. The molecule has 0 atom stereocenters. The molecule has 2 aromatic carbocycles. The number of halogens is 2. The van der Waals surface area contributed by atoms with Crippen molar-refractivity contribution in [2.24, 2.45) is 21.7 Å². The summed E-state index contributed by atoms with van der Waals surface area (Å²) in [4.78, 5) is 0. The molecule has 0 saturated carbocycles. The van der Waals surface area contributed by atoms with Crippen molar-refractivity contribution in [1.29, 1.82) is 0 Å². The van der Waals surface area contributed by atoms with Crippen molar-refractivity contribution in [1.82, 2.24) is 0 Å². The van der Waals surface area contributed by atoms with Crippen LogP contribution in [-0.2, 0) is 6.61 Å². The van der Waals surface area contributed by atoms with Gasteiger partial charge in [0.2, 0.25) is 5.96 Å². The maximum absolute atomic E-state index is 6.00. The smallest absolute Gasteiger partial charge is 0.211 e. The van der Waals surface area contributed by atoms with E-state index >= 15 is 0 Å². The second kappa shape index (κ2) is 8.42. The summed E-state index contributed by atoms with van der Waals surface area (Å²) >= 11 is 11.9. The maximum atomic E-state index is 6.00. The number of ether oxygens (including phenoxy) is 2. The van der Waals surface area contributed by atoms with Crippen LogP contribution < -0.4 is 20.9 Å². The topological polar surface area (TPSA) is 95.2 Å². The second-order valence-corrected chi connectivity index (χ2v) is 5.53. The fourth-order valence-corrected chi connectivity index (χ4v) is 2.16. The number of hydrogen-bond acceptors (Lipinski definition) is 4. The molecule has 0 heterocycles. The lowest BCUT2D eigenvalue weighted by atomic mass is 10.2. The molecule has 0 aromatic heterocycles. The molecule has 0 radical (unpaired) electrons. The second-order valence-electron chi connectivity index (χ2n) is 4.72. The summed E-state index contributed by atoms with van der Waals surface area (Å²) in [5.41, 5.74) is 12.1. The summed E-state index contributed by atoms with van der Waals surface area (Å²) in [5, 5.41) is 8.28. The molecule has 0 aliphatic heterocycles. The molecule has 4 N–H and O–H groups in total. The van der Waals surface area contributed by atoms with Crippen molar-refractivity contribution in [2.45, 2.75) is 6.61 Å². The van der Waals surface area contributed by atoms with Gasteiger partial charge in [-0.25, -0.2) is 0 Å². The van der Waals surface area contributed by atoms with E-state index in [-0.39, 0.29) is 5.96 Å². The van der Waals surface area contributed by atoms with E-state index in [1.54, 1.807) is 37.4 Å². The lowest BCUT2D eigenvalue weighted by Crippen LogP contribution is -2.21. The molecule has 24 heavy (non-hydrogen) atoms. The number of hydrogen-bond donors (Lipinski definition) is 2. The van der Waals surface area contributed by atoms with Crippen LogP contribution in [0, 0.1) is 0 Å². The fraction of sp³-hybridized carbons (Fsp3) is 0.125. The Morgan fingerprint density at radius 2 is 1.88 bits per heavy atom. The Morgan fingerprint density at radius 3 is 2.54 bits per heavy atom. The van der Waals surface area contributed by atoms with Gasteiger partial charge in [-0.2, -0.15) is 5.10 Å². The predicted octanol–water partition coefficient (Wildman–Crippen LogP) is 3.19. The first-order valence-corrected chi connectivity index (χ1v) is 7.62. The third kappa shape index (κ3) is 5.04. The first-order chi connectivity index (χ1) is 11.5. The van der Waals surface area contributed by atoms with E-state index in [0.717, 1.165) is 11.1 Å². The minimum Gasteiger partial charge on any atom is -0.493 e. The van der Waals surface area contributed by atoms with Crippen molar-refractivity contribution in [2.75, 3.05) is 7.11 Å². The molecule has 6 nitrogen and oxygen atoms in total. The van der Waals surface area contributed by atoms with Gasteiger partial charge in [-0.1, -0.05) is 29.3 Å². The van der Waals surface area contributed by atoms with Crippen molar-refractivity contribution < 1.29 is 9.47 Å². The Kier molecular flexibility index (Phi) is 6.28. The highest BCUT2D eigenvalue weighted by Gasteiger charge is 2.07. The van der Waals surface area contributed by atoms with Crippen LogP contribution in [-0.4, -0.2) is 19.3 Å². The largest absolute Gasteiger partial charge is 0.493 e. The monoisotopic (exact) mass is 366 g/mol. The van der Waals surface area contributed by atoms with Crippen LogP contribution in [0.4, 0.5) is 0 Å². The molecule has 0 bridgehead atoms. The van der Waals surface area contributed by atoms with Gasteiger partial charge in [0.25, 0.3) is 0 Å². The molecule has 2 rings (SSSR count). The average molecular weight is 367 g/mol. The number of guanidine groups is 1. The number of rotatable bonds is 6. The SMILES string of the molecule is COc1ccc(/C=N/N=C(N)N)cc1OCc1ccc(Cl)c(Cl)c1. The molecule has 0 unspecified atom stereocenters. The lowest BCUT2D eigenvalue weighted by molar-refractivity contribution is 0.284. The molecule has 0 spiro atoms. The molecule has 0 amide bonds. The minimum absolute atomic E-state index is 0.115. The van der Waals surface area contributed by atoms with Crippen LogP contribution in [0.2, 0.25) is 10.0 Å². The molecule has 8 heteroatoms. The van der Waals surface area contributed by atoms with Gasteiger partial charge >= 0.3 is 0 Å². The van der Waals surface area contributed by atoms with Crippen molar-refractivity contribution in [3.05, 3.63) is 57.6 Å². The van der Waals surface area contributed by atoms with Gasteiger partial charge in [0.05, 0.1) is 23.4 Å². The van der Waals surface area contributed by atoms with E-state index in [0.29, 0.717) is 28.2 Å². The van der Waals surface area contributed by atoms with E-state index < -0.39 is 0 Å². The highest BCUT2D eigenvalue weighted by Crippen LogP contribution is 2.29. The molecular weight excluding hydrogens is 351 g/mol. The molecule has 0 fully saturated rings. The normalized spacial score (nSPS) is 10.6. The quantitative estimate of drug-likeness (QED) is 0.466. The number of methoxy groups -OCH3 is 1. The molecular formula is C16H16Cl2N4O2. The van der Waals surface area contributed by atoms with E-state index in [9.17, 15) is 0 Å². The molecule has 0 saturated heterocycles. The number of benzene rings is 2. The summed E-state index contributed by atoms with van der Waals surface area (Å²) in [7, 11) is 1.56. The van der Waals surface area contributed by atoms with Crippen LogP contribution in [0.15, 0.2) is 46.6 Å². The molecule has 0 aliphatic rings. The van der Waals surface area contributed by atoms with Crippen molar-refractivity contribution >= 4 is 35.4 Å². The van der Waals surface area contributed by atoms with E-state index in [2.05, 4.69) is 10.2 Å². The van der Waals surface area contributed by atoms with E-state index in [4.69, 9.17) is 44.1 Å². The zero-order valence-electron chi connectivity index (χ0n) is 12.9. The van der Waals surface area contributed by atoms with Gasteiger partial charge in [0, 0.05) is 0 Å². The summed E-state index contributed by atoms with van der Waals surface area (Å²) in [6.07, 6.45) is 1.51. The third-order valence-corrected chi connectivity index (χ3v) is 3.69. The van der Waals surface area contributed by atoms with Crippen LogP contribution in [0.1, 0.15) is 11.1 Å². The summed E-state index contributed by atoms with van der Waals surface area (Å²) < 4.78 is 11.1. The standard InChI is InChI=1S/C16H16Cl2N4O2/c1-23-14-5-3-10(8-21-22-16(19)20)7-15(14)24-9-11-2-4-12(17)13(18)6-11/h2-8H,9H2,1H3,(H4,19,20,22)/b21-8+. The van der Waals surface area contributed by atoms with Crippen molar-refractivity contribution in [3.8, 4) is 11.5 Å². The Bertz CT molecular complexity index is 775. The van der Waals surface area contributed by atoms with Crippen LogP contribution in [0.25, 0.3) is 0 Å². The zero-order chi connectivity index (χ0) is 17.5. The Balaban J connectivity index is 2.16. The lowest BCUT2D eigenvalue weighted by Gasteiger charge is -2.11. The first-order valence-electron chi connectivity index (χ1n) is 6.86. The van der Waals surface area contributed by atoms with Crippen LogP contribution in [0.5, 0.6) is 11.5 Å². The van der Waals surface area contributed by atoms with E-state index in [1.165, 1.54) is 6.21 Å². The van der Waals surface area contributed by atoms with Gasteiger partial charge in [0.1, 0.15) is 6.61 Å². The van der Waals surface area contributed by atoms with Crippen molar-refractivity contribution in [3.63, 3.8) is 0 Å². The first kappa shape index (κ1) is 17.9. The van der Waals surface area contributed by atoms with Gasteiger partial charge in [-0.05, 0) is 41.5 Å². The summed E-state index contributed by atoms with van der Waals surface area (Å²) in [6.45, 7) is 0.307. The van der Waals surface area contributed by atoms with E-state index in [1.807, 2.05) is 6.07 Å². The Hall–Kier alpha value is -2.44. The van der Waals surface area contributed by atoms with Gasteiger partial charge in [0.15, 0.2) is 11.5 Å². The highest BCUT2D eigenvalue weighted by molar-refractivity contribution is 6.42. The fourth-order valence-electron chi connectivity index (χ4n) is 1.84. The Labute approximate surface area is 149 Å². The molecule has 2 aromatic rings. The minimum atomic E-state index is -0.115. The average Bonchev–Trinajstić information content (AvgIpc) is 2.56. The zero-order valence-corrected chi connectivity index (χ0v) is 14.4. The maximum Gasteiger partial charge on any atom is 0.211 e. The van der Waals surface area contributed by atoms with Gasteiger partial charge < -0.3 is 20.9 Å². The van der Waals surface area contributed by atoms with Crippen LogP contribution in [0.3, 0.4) is 0 Å². The number of nitrogens with zero attached hydrogens (tertiary/aromatic N) is 2. The third-order valence-electron chi connectivity index (χ3n) is 2.95.